The lowest BCUT2D eigenvalue weighted by Crippen LogP contribution is -2.49. The van der Waals surface area contributed by atoms with Gasteiger partial charge in [0, 0.05) is 30.5 Å². The third-order valence-corrected chi connectivity index (χ3v) is 3.91. The van der Waals surface area contributed by atoms with E-state index in [1.54, 1.807) is 0 Å². The van der Waals surface area contributed by atoms with Crippen LogP contribution in [-0.4, -0.2) is 35.8 Å². The molecule has 2 rings (SSSR count). The number of nitrogens with one attached hydrogen (secondary N) is 1. The summed E-state index contributed by atoms with van der Waals surface area (Å²) in [5.74, 6) is -0.0253. The standard InChI is InChI=1S/C14H17BrN2O2/c1-10(18)16-11-5-4-8-17(9-11)14(19)12-6-2-3-7-13(12)15/h2-3,6-7,11H,4-5,8-9H2,1H3,(H,16,18). The maximum atomic E-state index is 12.4. The summed E-state index contributed by atoms with van der Waals surface area (Å²) >= 11 is 3.40. The number of hydrogen-bond acceptors (Lipinski definition) is 2. The fraction of sp³-hybridized carbons (Fsp3) is 0.429. The van der Waals surface area contributed by atoms with Crippen LogP contribution < -0.4 is 5.32 Å². The van der Waals surface area contributed by atoms with Gasteiger partial charge >= 0.3 is 0 Å². The Morgan fingerprint density at radius 3 is 2.79 bits per heavy atom. The van der Waals surface area contributed by atoms with E-state index in [4.69, 9.17) is 0 Å². The Bertz CT molecular complexity index is 490. The monoisotopic (exact) mass is 324 g/mol. The summed E-state index contributed by atoms with van der Waals surface area (Å²) in [4.78, 5) is 25.3. The van der Waals surface area contributed by atoms with Gasteiger partial charge in [-0.25, -0.2) is 0 Å². The Hall–Kier alpha value is -1.36. The molecule has 0 bridgehead atoms. The van der Waals surface area contributed by atoms with Gasteiger partial charge in [0.1, 0.15) is 0 Å². The third kappa shape index (κ3) is 3.56. The van der Waals surface area contributed by atoms with Gasteiger partial charge < -0.3 is 10.2 Å². The molecule has 1 aromatic carbocycles. The highest BCUT2D eigenvalue weighted by atomic mass is 79.9. The van der Waals surface area contributed by atoms with Gasteiger partial charge in [-0.1, -0.05) is 12.1 Å². The first kappa shape index (κ1) is 14.1. The van der Waals surface area contributed by atoms with Crippen LogP contribution in [0.25, 0.3) is 0 Å². The number of carbonyl (C=O) groups is 2. The molecule has 1 fully saturated rings. The number of carbonyl (C=O) groups excluding carboxylic acids is 2. The largest absolute Gasteiger partial charge is 0.352 e. The van der Waals surface area contributed by atoms with Crippen molar-refractivity contribution in [3.05, 3.63) is 34.3 Å². The number of benzene rings is 1. The molecule has 0 spiro atoms. The van der Waals surface area contributed by atoms with Crippen LogP contribution in [0.1, 0.15) is 30.1 Å². The number of amides is 2. The van der Waals surface area contributed by atoms with Gasteiger partial charge in [0.2, 0.25) is 5.91 Å². The zero-order chi connectivity index (χ0) is 13.8. The number of hydrogen-bond donors (Lipinski definition) is 1. The van der Waals surface area contributed by atoms with E-state index in [1.165, 1.54) is 6.92 Å². The highest BCUT2D eigenvalue weighted by Gasteiger charge is 2.25. The predicted octanol–water partition coefficient (Wildman–Crippen LogP) is 2.19. The van der Waals surface area contributed by atoms with Crippen LogP contribution in [-0.2, 0) is 4.79 Å². The highest BCUT2D eigenvalue weighted by molar-refractivity contribution is 9.10. The Labute approximate surface area is 121 Å². The summed E-state index contributed by atoms with van der Waals surface area (Å²) in [6, 6.07) is 7.49. The molecule has 1 saturated heterocycles. The minimum atomic E-state index is -0.0415. The van der Waals surface area contributed by atoms with Crippen molar-refractivity contribution in [2.24, 2.45) is 0 Å². The van der Waals surface area contributed by atoms with E-state index in [0.29, 0.717) is 12.1 Å². The summed E-state index contributed by atoms with van der Waals surface area (Å²) in [5, 5.41) is 2.89. The molecular formula is C14H17BrN2O2. The third-order valence-electron chi connectivity index (χ3n) is 3.22. The van der Waals surface area contributed by atoms with Crippen LogP contribution in [0.4, 0.5) is 0 Å². The number of rotatable bonds is 2. The molecular weight excluding hydrogens is 308 g/mol. The zero-order valence-corrected chi connectivity index (χ0v) is 12.4. The fourth-order valence-electron chi connectivity index (χ4n) is 2.37. The average Bonchev–Trinajstić information content (AvgIpc) is 2.38. The van der Waals surface area contributed by atoms with Gasteiger partial charge in [-0.15, -0.1) is 0 Å². The number of halogens is 1. The van der Waals surface area contributed by atoms with Gasteiger partial charge in [0.15, 0.2) is 0 Å². The van der Waals surface area contributed by atoms with Crippen molar-refractivity contribution >= 4 is 27.7 Å². The Balaban J connectivity index is 2.07. The Kier molecular flexibility index (Phi) is 4.58. The molecule has 2 amide bonds. The molecule has 1 aromatic rings. The van der Waals surface area contributed by atoms with E-state index in [-0.39, 0.29) is 17.9 Å². The molecule has 1 aliphatic heterocycles. The van der Waals surface area contributed by atoms with Crippen molar-refractivity contribution in [2.75, 3.05) is 13.1 Å². The Morgan fingerprint density at radius 1 is 1.37 bits per heavy atom. The molecule has 1 N–H and O–H groups in total. The molecule has 1 heterocycles. The highest BCUT2D eigenvalue weighted by Crippen LogP contribution is 2.20. The van der Waals surface area contributed by atoms with Gasteiger partial charge in [-0.2, -0.15) is 0 Å². The lowest BCUT2D eigenvalue weighted by atomic mass is 10.0. The minimum absolute atomic E-state index is 0.0162. The molecule has 1 unspecified atom stereocenters. The normalized spacial score (nSPS) is 19.1. The Morgan fingerprint density at radius 2 is 2.11 bits per heavy atom. The van der Waals surface area contributed by atoms with Gasteiger partial charge in [0.25, 0.3) is 5.91 Å². The lowest BCUT2D eigenvalue weighted by molar-refractivity contribution is -0.120. The lowest BCUT2D eigenvalue weighted by Gasteiger charge is -2.33. The molecule has 4 nitrogen and oxygen atoms in total. The summed E-state index contributed by atoms with van der Waals surface area (Å²) in [6.45, 7) is 2.84. The molecule has 5 heteroatoms. The van der Waals surface area contributed by atoms with Crippen molar-refractivity contribution in [3.63, 3.8) is 0 Å². The number of piperidine rings is 1. The smallest absolute Gasteiger partial charge is 0.255 e. The van der Waals surface area contributed by atoms with E-state index in [0.717, 1.165) is 23.9 Å². The summed E-state index contributed by atoms with van der Waals surface area (Å²) in [7, 11) is 0. The van der Waals surface area contributed by atoms with E-state index in [1.807, 2.05) is 29.2 Å². The molecule has 1 atom stereocenters. The van der Waals surface area contributed by atoms with Gasteiger partial charge in [0.05, 0.1) is 5.56 Å². The van der Waals surface area contributed by atoms with Crippen LogP contribution in [0.15, 0.2) is 28.7 Å². The topological polar surface area (TPSA) is 49.4 Å². The predicted molar refractivity (Wildman–Crippen MR) is 76.9 cm³/mol. The van der Waals surface area contributed by atoms with Crippen molar-refractivity contribution in [1.29, 1.82) is 0 Å². The molecule has 0 radical (unpaired) electrons. The molecule has 19 heavy (non-hydrogen) atoms. The summed E-state index contributed by atoms with van der Waals surface area (Å²) < 4.78 is 0.807. The van der Waals surface area contributed by atoms with Gasteiger partial charge in [-0.3, -0.25) is 9.59 Å². The molecule has 1 aliphatic rings. The first-order chi connectivity index (χ1) is 9.08. The van der Waals surface area contributed by atoms with Crippen molar-refractivity contribution in [1.82, 2.24) is 10.2 Å². The second kappa shape index (κ2) is 6.19. The van der Waals surface area contributed by atoms with Crippen LogP contribution in [0.2, 0.25) is 0 Å². The van der Waals surface area contributed by atoms with Crippen molar-refractivity contribution < 1.29 is 9.59 Å². The summed E-state index contributed by atoms with van der Waals surface area (Å²) in [6.07, 6.45) is 1.85. The van der Waals surface area contributed by atoms with Crippen LogP contribution in [0.5, 0.6) is 0 Å². The SMILES string of the molecule is CC(=O)NC1CCCN(C(=O)c2ccccc2Br)C1. The number of likely N-dealkylation sites (tertiary alicyclic amines) is 1. The van der Waals surface area contributed by atoms with E-state index in [9.17, 15) is 9.59 Å². The molecule has 0 aromatic heterocycles. The fourth-order valence-corrected chi connectivity index (χ4v) is 2.83. The second-order valence-electron chi connectivity index (χ2n) is 4.77. The summed E-state index contributed by atoms with van der Waals surface area (Å²) in [5.41, 5.74) is 0.672. The average molecular weight is 325 g/mol. The first-order valence-corrected chi connectivity index (χ1v) is 7.18. The van der Waals surface area contributed by atoms with E-state index >= 15 is 0 Å². The van der Waals surface area contributed by atoms with Gasteiger partial charge in [-0.05, 0) is 40.9 Å². The van der Waals surface area contributed by atoms with Crippen LogP contribution in [0.3, 0.4) is 0 Å². The van der Waals surface area contributed by atoms with E-state index in [2.05, 4.69) is 21.2 Å². The number of nitrogens with zero attached hydrogens (tertiary/aromatic N) is 1. The van der Waals surface area contributed by atoms with Crippen LogP contribution >= 0.6 is 15.9 Å². The maximum Gasteiger partial charge on any atom is 0.255 e. The minimum Gasteiger partial charge on any atom is -0.352 e. The quantitative estimate of drug-likeness (QED) is 0.906. The maximum absolute atomic E-state index is 12.4. The molecule has 0 aliphatic carbocycles. The van der Waals surface area contributed by atoms with Crippen LogP contribution in [0, 0.1) is 0 Å². The second-order valence-corrected chi connectivity index (χ2v) is 5.63. The first-order valence-electron chi connectivity index (χ1n) is 6.39. The van der Waals surface area contributed by atoms with Crippen molar-refractivity contribution in [3.8, 4) is 0 Å². The zero-order valence-electron chi connectivity index (χ0n) is 10.9. The van der Waals surface area contributed by atoms with E-state index < -0.39 is 0 Å². The van der Waals surface area contributed by atoms with Crippen molar-refractivity contribution in [2.45, 2.75) is 25.8 Å². The molecule has 0 saturated carbocycles. The molecule has 102 valence electrons.